The number of rotatable bonds is 10. The molecule has 0 aliphatic carbocycles. The number of thiazole rings is 2. The molecule has 0 saturated carbocycles. The van der Waals surface area contributed by atoms with E-state index in [1.165, 1.54) is 10.9 Å². The van der Waals surface area contributed by atoms with Crippen molar-refractivity contribution in [3.8, 4) is 10.7 Å². The number of aryl methyl sites for hydroxylation is 1. The van der Waals surface area contributed by atoms with Crippen LogP contribution in [0, 0.1) is 6.92 Å². The fourth-order valence-electron chi connectivity index (χ4n) is 4.80. The summed E-state index contributed by atoms with van der Waals surface area (Å²) in [6.07, 6.45) is -6.77. The van der Waals surface area contributed by atoms with Crippen LogP contribution in [-0.2, 0) is 16.0 Å². The second kappa shape index (κ2) is 13.0. The summed E-state index contributed by atoms with van der Waals surface area (Å²) >= 11 is 2.22. The van der Waals surface area contributed by atoms with Crippen LogP contribution in [0.3, 0.4) is 0 Å². The van der Waals surface area contributed by atoms with Gasteiger partial charge in [0.15, 0.2) is 5.13 Å². The van der Waals surface area contributed by atoms with Crippen molar-refractivity contribution in [3.63, 3.8) is 0 Å². The average Bonchev–Trinajstić information content (AvgIpc) is 3.74. The third-order valence-corrected chi connectivity index (χ3v) is 9.29. The van der Waals surface area contributed by atoms with Gasteiger partial charge >= 0.3 is 0 Å². The predicted molar refractivity (Wildman–Crippen MR) is 146 cm³/mol. The van der Waals surface area contributed by atoms with E-state index in [2.05, 4.69) is 25.6 Å². The summed E-state index contributed by atoms with van der Waals surface area (Å²) in [6.45, 7) is 0.962. The second-order valence-electron chi connectivity index (χ2n) is 10.1. The molecule has 2 fully saturated rings. The third-order valence-electron chi connectivity index (χ3n) is 7.15. The maximum absolute atomic E-state index is 13.3. The van der Waals surface area contributed by atoms with Gasteiger partial charge in [0.2, 0.25) is 5.78 Å². The first-order chi connectivity index (χ1) is 20.1. The maximum atomic E-state index is 13.3. The van der Waals surface area contributed by atoms with Crippen LogP contribution in [-0.4, -0.2) is 141 Å². The Morgan fingerprint density at radius 3 is 2.52 bits per heavy atom. The van der Waals surface area contributed by atoms with Gasteiger partial charge in [-0.25, -0.2) is 14.6 Å². The largest absolute Gasteiger partial charge is 0.394 e. The van der Waals surface area contributed by atoms with Gasteiger partial charge in [-0.3, -0.25) is 4.79 Å². The molecule has 5 heterocycles. The van der Waals surface area contributed by atoms with Crippen molar-refractivity contribution in [2.24, 2.45) is 0 Å². The van der Waals surface area contributed by atoms with Crippen molar-refractivity contribution in [3.05, 3.63) is 27.8 Å². The number of carbonyl (C=O) groups excluding carboxylic acids is 1. The van der Waals surface area contributed by atoms with Gasteiger partial charge in [-0.2, -0.15) is 0 Å². The van der Waals surface area contributed by atoms with Crippen molar-refractivity contribution in [1.82, 2.24) is 25.0 Å². The monoisotopic (exact) mass is 628 g/mol. The van der Waals surface area contributed by atoms with Crippen LogP contribution in [0.5, 0.6) is 0 Å². The summed E-state index contributed by atoms with van der Waals surface area (Å²) < 4.78 is 12.5. The average molecular weight is 629 g/mol. The van der Waals surface area contributed by atoms with Crippen LogP contribution >= 0.6 is 22.7 Å². The minimum atomic E-state index is -1.50. The molecule has 0 bridgehead atoms. The number of aliphatic hydroxyl groups is 7. The Morgan fingerprint density at radius 1 is 1.02 bits per heavy atom. The van der Waals surface area contributed by atoms with Crippen molar-refractivity contribution in [2.75, 3.05) is 25.1 Å². The van der Waals surface area contributed by atoms with Crippen molar-refractivity contribution in [2.45, 2.75) is 74.8 Å². The SMILES string of the molecule is Cc1nc(-c2cn(C[C@H]3O[C@H](CO)[C@@H](O)[C@H](O)[C@@H]3O)nn2)sc1C(=O)c1cnc(NC[C@H]2O[C@H](CO)C[C@H](O)[C@@H]2O)s1. The summed E-state index contributed by atoms with van der Waals surface area (Å²) in [4.78, 5) is 22.7. The summed E-state index contributed by atoms with van der Waals surface area (Å²) in [5.41, 5.74) is 0.849. The smallest absolute Gasteiger partial charge is 0.216 e. The fraction of sp³-hybridized carbons (Fsp3) is 0.625. The molecule has 9 atom stereocenters. The number of carbonyl (C=O) groups is 1. The van der Waals surface area contributed by atoms with E-state index in [-0.39, 0.29) is 31.9 Å². The number of aliphatic hydroxyl groups excluding tert-OH is 7. The molecule has 0 amide bonds. The molecule has 18 heteroatoms. The molecule has 2 aliphatic rings. The van der Waals surface area contributed by atoms with Crippen LogP contribution in [0.1, 0.15) is 26.7 Å². The molecule has 2 saturated heterocycles. The molecule has 0 radical (unpaired) electrons. The van der Waals surface area contributed by atoms with Gasteiger partial charge in [0, 0.05) is 13.0 Å². The van der Waals surface area contributed by atoms with E-state index >= 15 is 0 Å². The van der Waals surface area contributed by atoms with Crippen LogP contribution in [0.25, 0.3) is 10.7 Å². The molecule has 3 aromatic heterocycles. The third kappa shape index (κ3) is 6.38. The molecule has 8 N–H and O–H groups in total. The maximum Gasteiger partial charge on any atom is 0.216 e. The standard InChI is InChI=1S/C24H32N6O10S2/c1-9-22(20(37)16-4-26-24(41-16)25-3-13-17(34)12(33)2-10(7-31)39-13)42-23(27-9)11-5-30(29-28-11)6-14-18(35)21(38)19(36)15(8-32)40-14/h4-5,10,12-15,17-19,21,31-36,38H,2-3,6-8H2,1H3,(H,25,26)/t10-,12-,13+,14+,15+,17-,18+,19+,21+/m0/s1. The van der Waals surface area contributed by atoms with Gasteiger partial charge in [-0.1, -0.05) is 16.6 Å². The lowest BCUT2D eigenvalue weighted by Crippen LogP contribution is -2.59. The number of ketones is 1. The van der Waals surface area contributed by atoms with E-state index in [1.54, 1.807) is 13.1 Å². The lowest BCUT2D eigenvalue weighted by Gasteiger charge is -2.39. The van der Waals surface area contributed by atoms with Crippen molar-refractivity contribution in [1.29, 1.82) is 0 Å². The summed E-state index contributed by atoms with van der Waals surface area (Å²) in [5.74, 6) is -0.291. The van der Waals surface area contributed by atoms with Crippen LogP contribution in [0.2, 0.25) is 0 Å². The Morgan fingerprint density at radius 2 is 1.79 bits per heavy atom. The molecule has 0 unspecified atom stereocenters. The predicted octanol–water partition coefficient (Wildman–Crippen LogP) is -2.48. The molecular formula is C24H32N6O10S2. The van der Waals surface area contributed by atoms with Crippen LogP contribution in [0.4, 0.5) is 5.13 Å². The number of ether oxygens (including phenoxy) is 2. The van der Waals surface area contributed by atoms with Gasteiger partial charge in [-0.05, 0) is 6.92 Å². The fourth-order valence-corrected chi connectivity index (χ4v) is 6.61. The van der Waals surface area contributed by atoms with Crippen LogP contribution in [0.15, 0.2) is 12.4 Å². The van der Waals surface area contributed by atoms with Gasteiger partial charge in [0.05, 0.1) is 59.8 Å². The molecule has 42 heavy (non-hydrogen) atoms. The van der Waals surface area contributed by atoms with E-state index in [0.29, 0.717) is 31.3 Å². The lowest BCUT2D eigenvalue weighted by atomic mass is 9.95. The first-order valence-corrected chi connectivity index (χ1v) is 14.8. The van der Waals surface area contributed by atoms with Crippen molar-refractivity contribution >= 4 is 33.6 Å². The number of nitrogens with zero attached hydrogens (tertiary/aromatic N) is 5. The van der Waals surface area contributed by atoms with Gasteiger partial charge < -0.3 is 50.5 Å². The molecule has 0 aromatic carbocycles. The van der Waals surface area contributed by atoms with Crippen molar-refractivity contribution < 1.29 is 50.0 Å². The Hall–Kier alpha value is -2.49. The molecular weight excluding hydrogens is 596 g/mol. The summed E-state index contributed by atoms with van der Waals surface area (Å²) in [5, 5.41) is 81.2. The zero-order chi connectivity index (χ0) is 30.1. The number of nitrogens with one attached hydrogen (secondary N) is 1. The first kappa shape index (κ1) is 31.0. The minimum absolute atomic E-state index is 0.0240. The van der Waals surface area contributed by atoms with E-state index in [0.717, 1.165) is 22.7 Å². The highest BCUT2D eigenvalue weighted by atomic mass is 32.1. The zero-order valence-corrected chi connectivity index (χ0v) is 23.9. The molecule has 5 rings (SSSR count). The number of aromatic nitrogens is 5. The molecule has 16 nitrogen and oxygen atoms in total. The first-order valence-electron chi connectivity index (χ1n) is 13.1. The second-order valence-corrected chi connectivity index (χ2v) is 12.2. The Labute approximate surface area is 246 Å². The van der Waals surface area contributed by atoms with Crippen LogP contribution < -0.4 is 5.32 Å². The summed E-state index contributed by atoms with van der Waals surface area (Å²) in [6, 6.07) is 0. The number of hydrogen-bond acceptors (Lipinski definition) is 17. The Kier molecular flexibility index (Phi) is 9.59. The Balaban J connectivity index is 1.22. The topological polar surface area (TPSA) is 246 Å². The minimum Gasteiger partial charge on any atom is -0.394 e. The normalized spacial score (nSPS) is 31.8. The van der Waals surface area contributed by atoms with E-state index in [1.807, 2.05) is 0 Å². The van der Waals surface area contributed by atoms with E-state index in [9.17, 15) is 40.5 Å². The molecule has 2 aliphatic heterocycles. The molecule has 230 valence electrons. The quantitative estimate of drug-likeness (QED) is 0.108. The molecule has 3 aromatic rings. The van der Waals surface area contributed by atoms with Gasteiger partial charge in [0.25, 0.3) is 0 Å². The highest BCUT2D eigenvalue weighted by Crippen LogP contribution is 2.31. The number of anilines is 1. The number of hydrogen-bond donors (Lipinski definition) is 8. The van der Waals surface area contributed by atoms with E-state index < -0.39 is 61.5 Å². The zero-order valence-electron chi connectivity index (χ0n) is 22.3. The lowest BCUT2D eigenvalue weighted by molar-refractivity contribution is -0.232. The van der Waals surface area contributed by atoms with Gasteiger partial charge in [0.1, 0.15) is 53.4 Å². The highest BCUT2D eigenvalue weighted by Gasteiger charge is 2.43. The highest BCUT2D eigenvalue weighted by molar-refractivity contribution is 7.20. The van der Waals surface area contributed by atoms with E-state index in [4.69, 9.17) is 9.47 Å². The molecule has 0 spiro atoms. The Bertz CT molecular complexity index is 1370. The summed E-state index contributed by atoms with van der Waals surface area (Å²) in [7, 11) is 0. The van der Waals surface area contributed by atoms with Gasteiger partial charge in [-0.15, -0.1) is 16.4 Å².